The van der Waals surface area contributed by atoms with Gasteiger partial charge in [0.2, 0.25) is 10.0 Å². The Morgan fingerprint density at radius 3 is 2.47 bits per heavy atom. The molecular formula is C21H23F2N3O3S. The molecule has 0 aliphatic carbocycles. The fraction of sp³-hybridized carbons (Fsp3) is 0.429. The first-order chi connectivity index (χ1) is 14.5. The number of ether oxygens (including phenoxy) is 1. The molecule has 0 radical (unpaired) electrons. The summed E-state index contributed by atoms with van der Waals surface area (Å²) in [5, 5.41) is 0. The van der Waals surface area contributed by atoms with Crippen molar-refractivity contribution >= 4 is 21.4 Å². The van der Waals surface area contributed by atoms with Crippen LogP contribution < -0.4 is 9.80 Å². The minimum absolute atomic E-state index is 0.00126. The highest BCUT2D eigenvalue weighted by Crippen LogP contribution is 2.46. The summed E-state index contributed by atoms with van der Waals surface area (Å²) in [6.07, 6.45) is 1.81. The highest BCUT2D eigenvalue weighted by atomic mass is 32.2. The number of rotatable bonds is 4. The smallest absolute Gasteiger partial charge is 0.243 e. The number of hydrogen-bond donors (Lipinski definition) is 0. The molecule has 2 fully saturated rings. The number of hydrogen-bond acceptors (Lipinski definition) is 5. The first-order valence-electron chi connectivity index (χ1n) is 10.1. The molecule has 0 saturated carbocycles. The standard InChI is InChI=1S/C21H23F2N3O3S/c22-17-3-1-4-18(23)16(17)14-26-20-13-15(30(27,28)24-9-11-29-12-10-24)6-7-19(20)25-8-2-5-21(25)26/h1,3-4,6-7,13,21H,2,5,8-12,14H2. The molecule has 1 unspecified atom stereocenters. The van der Waals surface area contributed by atoms with Gasteiger partial charge in [0.25, 0.3) is 0 Å². The molecule has 2 saturated heterocycles. The van der Waals surface area contributed by atoms with E-state index in [1.807, 2.05) is 11.0 Å². The van der Waals surface area contributed by atoms with Crippen LogP contribution in [0.5, 0.6) is 0 Å². The summed E-state index contributed by atoms with van der Waals surface area (Å²) in [5.41, 5.74) is 1.62. The van der Waals surface area contributed by atoms with Crippen LogP contribution in [-0.2, 0) is 21.3 Å². The van der Waals surface area contributed by atoms with Crippen molar-refractivity contribution in [1.82, 2.24) is 4.31 Å². The van der Waals surface area contributed by atoms with Crippen LogP contribution in [0.1, 0.15) is 18.4 Å². The number of nitrogens with zero attached hydrogens (tertiary/aromatic N) is 3. The molecule has 1 atom stereocenters. The van der Waals surface area contributed by atoms with Gasteiger partial charge in [0.1, 0.15) is 17.8 Å². The molecule has 2 aromatic carbocycles. The van der Waals surface area contributed by atoms with Crippen molar-refractivity contribution < 1.29 is 21.9 Å². The van der Waals surface area contributed by atoms with Gasteiger partial charge in [-0.25, -0.2) is 17.2 Å². The highest BCUT2D eigenvalue weighted by molar-refractivity contribution is 7.89. The van der Waals surface area contributed by atoms with E-state index in [4.69, 9.17) is 4.74 Å². The topological polar surface area (TPSA) is 53.1 Å². The number of fused-ring (bicyclic) bond motifs is 3. The number of benzene rings is 2. The van der Waals surface area contributed by atoms with Crippen LogP contribution >= 0.6 is 0 Å². The van der Waals surface area contributed by atoms with Crippen molar-refractivity contribution in [3.63, 3.8) is 0 Å². The zero-order valence-corrected chi connectivity index (χ0v) is 17.2. The average Bonchev–Trinajstić information content (AvgIpc) is 3.33. The molecule has 0 amide bonds. The molecule has 0 spiro atoms. The van der Waals surface area contributed by atoms with Gasteiger partial charge >= 0.3 is 0 Å². The highest BCUT2D eigenvalue weighted by Gasteiger charge is 2.40. The molecule has 2 aromatic rings. The number of sulfonamides is 1. The summed E-state index contributed by atoms with van der Waals surface area (Å²) in [6.45, 7) is 2.27. The van der Waals surface area contributed by atoms with E-state index in [2.05, 4.69) is 4.90 Å². The van der Waals surface area contributed by atoms with Crippen molar-refractivity contribution in [2.75, 3.05) is 42.6 Å². The summed E-state index contributed by atoms with van der Waals surface area (Å²) in [6, 6.07) is 8.95. The normalized spacial score (nSPS) is 21.7. The Balaban J connectivity index is 1.54. The Bertz CT molecular complexity index is 1050. The largest absolute Gasteiger partial charge is 0.379 e. The maximum absolute atomic E-state index is 14.3. The fourth-order valence-corrected chi connectivity index (χ4v) is 6.06. The van der Waals surface area contributed by atoms with Gasteiger partial charge in [-0.3, -0.25) is 0 Å². The van der Waals surface area contributed by atoms with E-state index in [1.54, 1.807) is 12.1 Å². The summed E-state index contributed by atoms with van der Waals surface area (Å²) in [5.74, 6) is -1.19. The molecule has 30 heavy (non-hydrogen) atoms. The van der Waals surface area contributed by atoms with Crippen LogP contribution in [0.15, 0.2) is 41.3 Å². The van der Waals surface area contributed by atoms with Crippen LogP contribution in [0.25, 0.3) is 0 Å². The second-order valence-corrected chi connectivity index (χ2v) is 9.75. The van der Waals surface area contributed by atoms with Gasteiger partial charge in [0.15, 0.2) is 0 Å². The van der Waals surface area contributed by atoms with E-state index in [1.165, 1.54) is 22.5 Å². The number of morpholine rings is 1. The van der Waals surface area contributed by atoms with E-state index >= 15 is 0 Å². The minimum atomic E-state index is -3.66. The molecule has 3 aliphatic rings. The molecule has 5 rings (SSSR count). The lowest BCUT2D eigenvalue weighted by Crippen LogP contribution is -2.40. The monoisotopic (exact) mass is 435 g/mol. The lowest BCUT2D eigenvalue weighted by molar-refractivity contribution is 0.0730. The quantitative estimate of drug-likeness (QED) is 0.739. The van der Waals surface area contributed by atoms with E-state index in [0.29, 0.717) is 32.0 Å². The minimum Gasteiger partial charge on any atom is -0.379 e. The molecule has 0 aromatic heterocycles. The van der Waals surface area contributed by atoms with Crippen molar-refractivity contribution in [2.45, 2.75) is 30.4 Å². The summed E-state index contributed by atoms with van der Waals surface area (Å²) in [7, 11) is -3.66. The maximum atomic E-state index is 14.3. The number of anilines is 2. The predicted octanol–water partition coefficient (Wildman–Crippen LogP) is 2.93. The molecule has 160 valence electrons. The predicted molar refractivity (Wildman–Crippen MR) is 109 cm³/mol. The van der Waals surface area contributed by atoms with Gasteiger partial charge in [0, 0.05) is 25.2 Å². The third-order valence-electron chi connectivity index (χ3n) is 6.14. The van der Waals surface area contributed by atoms with Gasteiger partial charge in [0.05, 0.1) is 36.0 Å². The first-order valence-corrected chi connectivity index (χ1v) is 11.6. The lowest BCUT2D eigenvalue weighted by atomic mass is 10.1. The van der Waals surface area contributed by atoms with Crippen LogP contribution in [0.3, 0.4) is 0 Å². The van der Waals surface area contributed by atoms with Gasteiger partial charge in [-0.15, -0.1) is 0 Å². The van der Waals surface area contributed by atoms with Crippen LogP contribution in [0, 0.1) is 11.6 Å². The summed E-state index contributed by atoms with van der Waals surface area (Å²) in [4.78, 5) is 4.32. The maximum Gasteiger partial charge on any atom is 0.243 e. The summed E-state index contributed by atoms with van der Waals surface area (Å²) < 4.78 is 61.6. The Kier molecular flexibility index (Phi) is 4.91. The second kappa shape index (κ2) is 7.47. The van der Waals surface area contributed by atoms with Crippen LogP contribution in [0.2, 0.25) is 0 Å². The van der Waals surface area contributed by atoms with Gasteiger partial charge < -0.3 is 14.5 Å². The molecule has 0 bridgehead atoms. The van der Waals surface area contributed by atoms with Crippen molar-refractivity contribution in [3.05, 3.63) is 53.6 Å². The first kappa shape index (κ1) is 19.7. The third kappa shape index (κ3) is 3.16. The Morgan fingerprint density at radius 1 is 1.00 bits per heavy atom. The Hall–Kier alpha value is -2.23. The Labute approximate surface area is 174 Å². The fourth-order valence-electron chi connectivity index (χ4n) is 4.63. The molecule has 6 nitrogen and oxygen atoms in total. The zero-order chi connectivity index (χ0) is 20.9. The van der Waals surface area contributed by atoms with E-state index in [0.717, 1.165) is 25.1 Å². The molecule has 9 heteroatoms. The molecule has 0 N–H and O–H groups in total. The average molecular weight is 435 g/mol. The molecular weight excluding hydrogens is 412 g/mol. The Morgan fingerprint density at radius 2 is 1.73 bits per heavy atom. The number of halogens is 2. The van der Waals surface area contributed by atoms with Gasteiger partial charge in [-0.2, -0.15) is 4.31 Å². The van der Waals surface area contributed by atoms with Gasteiger partial charge in [-0.05, 0) is 43.2 Å². The third-order valence-corrected chi connectivity index (χ3v) is 8.04. The molecule has 3 heterocycles. The zero-order valence-electron chi connectivity index (χ0n) is 16.4. The molecule has 3 aliphatic heterocycles. The van der Waals surface area contributed by atoms with Gasteiger partial charge in [-0.1, -0.05) is 6.07 Å². The van der Waals surface area contributed by atoms with Crippen molar-refractivity contribution in [1.29, 1.82) is 0 Å². The van der Waals surface area contributed by atoms with E-state index < -0.39 is 21.7 Å². The summed E-state index contributed by atoms with van der Waals surface area (Å²) >= 11 is 0. The van der Waals surface area contributed by atoms with Crippen LogP contribution in [0.4, 0.5) is 20.2 Å². The van der Waals surface area contributed by atoms with Crippen molar-refractivity contribution in [3.8, 4) is 0 Å². The van der Waals surface area contributed by atoms with E-state index in [-0.39, 0.29) is 23.2 Å². The lowest BCUT2D eigenvalue weighted by Gasteiger charge is -2.28. The van der Waals surface area contributed by atoms with E-state index in [9.17, 15) is 17.2 Å². The van der Waals surface area contributed by atoms with Crippen LogP contribution in [-0.4, -0.2) is 51.7 Å². The second-order valence-electron chi connectivity index (χ2n) is 7.81. The SMILES string of the molecule is O=S(=O)(c1ccc2c(c1)N(Cc1c(F)cccc1F)C1CCCN21)N1CCOCC1. The van der Waals surface area contributed by atoms with Crippen molar-refractivity contribution in [2.24, 2.45) is 0 Å².